The minimum Gasteiger partial charge on any atom is -0.271 e. The van der Waals surface area contributed by atoms with E-state index in [1.165, 1.54) is 34.2 Å². The molecule has 1 aliphatic carbocycles. The van der Waals surface area contributed by atoms with E-state index in [0.717, 1.165) is 6.42 Å². The first-order chi connectivity index (χ1) is 9.70. The van der Waals surface area contributed by atoms with Gasteiger partial charge in [-0.2, -0.15) is 0 Å². The van der Waals surface area contributed by atoms with E-state index in [0.29, 0.717) is 5.92 Å². The van der Waals surface area contributed by atoms with Crippen molar-refractivity contribution >= 4 is 0 Å². The Morgan fingerprint density at radius 3 is 2.70 bits per heavy atom. The Morgan fingerprint density at radius 1 is 1.15 bits per heavy atom. The van der Waals surface area contributed by atoms with Crippen molar-refractivity contribution in [1.82, 2.24) is 5.43 Å². The standard InChI is InChI=1S/C18H22N2/c1-12-7-9-15(13(2)11-12)18(20-19)17-10-8-14-5-3-4-6-16(14)17/h3-7,9,11,17-18,20H,8,10,19H2,1-2H3. The van der Waals surface area contributed by atoms with Crippen LogP contribution in [0.2, 0.25) is 0 Å². The zero-order chi connectivity index (χ0) is 14.1. The summed E-state index contributed by atoms with van der Waals surface area (Å²) in [6.45, 7) is 4.31. The molecule has 0 radical (unpaired) electrons. The Balaban J connectivity index is 1.99. The van der Waals surface area contributed by atoms with Gasteiger partial charge in [0.15, 0.2) is 0 Å². The van der Waals surface area contributed by atoms with Crippen LogP contribution >= 0.6 is 0 Å². The van der Waals surface area contributed by atoms with Crippen LogP contribution in [0.15, 0.2) is 42.5 Å². The molecule has 0 amide bonds. The Bertz CT molecular complexity index is 619. The third kappa shape index (κ3) is 2.26. The van der Waals surface area contributed by atoms with E-state index in [2.05, 4.69) is 61.7 Å². The van der Waals surface area contributed by atoms with Crippen LogP contribution in [0.1, 0.15) is 46.2 Å². The highest BCUT2D eigenvalue weighted by Gasteiger charge is 2.30. The minimum atomic E-state index is 0.194. The van der Waals surface area contributed by atoms with Crippen LogP contribution in [0.3, 0.4) is 0 Å². The maximum atomic E-state index is 5.90. The number of hydrogen-bond donors (Lipinski definition) is 2. The second-order valence-corrected chi connectivity index (χ2v) is 5.85. The maximum Gasteiger partial charge on any atom is 0.0531 e. The van der Waals surface area contributed by atoms with Gasteiger partial charge >= 0.3 is 0 Å². The summed E-state index contributed by atoms with van der Waals surface area (Å²) in [5.41, 5.74) is 9.93. The van der Waals surface area contributed by atoms with Crippen molar-refractivity contribution in [1.29, 1.82) is 0 Å². The Kier molecular flexibility index (Phi) is 3.60. The van der Waals surface area contributed by atoms with Gasteiger partial charge in [0.05, 0.1) is 6.04 Å². The second-order valence-electron chi connectivity index (χ2n) is 5.85. The number of benzene rings is 2. The highest BCUT2D eigenvalue weighted by atomic mass is 15.2. The van der Waals surface area contributed by atoms with Crippen molar-refractivity contribution in [2.24, 2.45) is 5.84 Å². The molecule has 3 rings (SSSR count). The summed E-state index contributed by atoms with van der Waals surface area (Å²) in [6.07, 6.45) is 2.32. The third-order valence-corrected chi connectivity index (χ3v) is 4.52. The van der Waals surface area contributed by atoms with Gasteiger partial charge in [-0.3, -0.25) is 11.3 Å². The van der Waals surface area contributed by atoms with Gasteiger partial charge in [-0.15, -0.1) is 0 Å². The van der Waals surface area contributed by atoms with Crippen LogP contribution in [0, 0.1) is 13.8 Å². The molecule has 0 spiro atoms. The highest BCUT2D eigenvalue weighted by molar-refractivity contribution is 5.40. The normalized spacial score (nSPS) is 18.9. The van der Waals surface area contributed by atoms with Crippen molar-refractivity contribution in [3.8, 4) is 0 Å². The molecule has 2 atom stereocenters. The molecule has 20 heavy (non-hydrogen) atoms. The number of hydrazine groups is 1. The topological polar surface area (TPSA) is 38.0 Å². The summed E-state index contributed by atoms with van der Waals surface area (Å²) >= 11 is 0. The predicted molar refractivity (Wildman–Crippen MR) is 83.5 cm³/mol. The van der Waals surface area contributed by atoms with Crippen molar-refractivity contribution in [2.45, 2.75) is 38.6 Å². The van der Waals surface area contributed by atoms with E-state index in [1.807, 2.05) is 0 Å². The average molecular weight is 266 g/mol. The van der Waals surface area contributed by atoms with E-state index >= 15 is 0 Å². The first kappa shape index (κ1) is 13.3. The number of hydrogen-bond acceptors (Lipinski definition) is 2. The number of rotatable bonds is 3. The SMILES string of the molecule is Cc1ccc(C(NN)C2CCc3ccccc32)c(C)c1. The third-order valence-electron chi connectivity index (χ3n) is 4.52. The molecule has 0 fully saturated rings. The second kappa shape index (κ2) is 5.39. The van der Waals surface area contributed by atoms with Gasteiger partial charge in [0.1, 0.15) is 0 Å². The quantitative estimate of drug-likeness (QED) is 0.659. The van der Waals surface area contributed by atoms with Gasteiger partial charge in [0.25, 0.3) is 0 Å². The fraction of sp³-hybridized carbons (Fsp3) is 0.333. The summed E-state index contributed by atoms with van der Waals surface area (Å²) in [5.74, 6) is 6.37. The molecule has 0 saturated heterocycles. The summed E-state index contributed by atoms with van der Waals surface area (Å²) in [4.78, 5) is 0. The fourth-order valence-electron chi connectivity index (χ4n) is 3.53. The number of fused-ring (bicyclic) bond motifs is 1. The molecule has 2 heteroatoms. The molecular formula is C18H22N2. The smallest absolute Gasteiger partial charge is 0.0531 e. The summed E-state index contributed by atoms with van der Waals surface area (Å²) in [6, 6.07) is 15.6. The lowest BCUT2D eigenvalue weighted by atomic mass is 9.86. The van der Waals surface area contributed by atoms with Crippen LogP contribution in [-0.4, -0.2) is 0 Å². The van der Waals surface area contributed by atoms with E-state index < -0.39 is 0 Å². The molecule has 2 nitrogen and oxygen atoms in total. The average Bonchev–Trinajstić information content (AvgIpc) is 2.86. The van der Waals surface area contributed by atoms with Crippen molar-refractivity contribution in [3.63, 3.8) is 0 Å². The van der Waals surface area contributed by atoms with Gasteiger partial charge in [0, 0.05) is 5.92 Å². The maximum absolute atomic E-state index is 5.90. The van der Waals surface area contributed by atoms with Crippen LogP contribution in [0.25, 0.3) is 0 Å². The van der Waals surface area contributed by atoms with Gasteiger partial charge < -0.3 is 0 Å². The molecule has 2 unspecified atom stereocenters. The fourth-order valence-corrected chi connectivity index (χ4v) is 3.53. The minimum absolute atomic E-state index is 0.194. The van der Waals surface area contributed by atoms with Crippen LogP contribution in [0.4, 0.5) is 0 Å². The first-order valence-electron chi connectivity index (χ1n) is 7.32. The van der Waals surface area contributed by atoms with Crippen molar-refractivity contribution in [3.05, 3.63) is 70.3 Å². The van der Waals surface area contributed by atoms with Gasteiger partial charge in [-0.25, -0.2) is 0 Å². The molecule has 0 aromatic heterocycles. The monoisotopic (exact) mass is 266 g/mol. The van der Waals surface area contributed by atoms with Gasteiger partial charge in [-0.05, 0) is 48.9 Å². The Hall–Kier alpha value is -1.64. The molecule has 0 heterocycles. The number of nitrogens with two attached hydrogens (primary N) is 1. The molecule has 3 N–H and O–H groups in total. The van der Waals surface area contributed by atoms with Crippen LogP contribution in [0.5, 0.6) is 0 Å². The first-order valence-corrected chi connectivity index (χ1v) is 7.32. The molecule has 0 bridgehead atoms. The van der Waals surface area contributed by atoms with Gasteiger partial charge in [-0.1, -0.05) is 48.0 Å². The zero-order valence-corrected chi connectivity index (χ0v) is 12.2. The van der Waals surface area contributed by atoms with Crippen LogP contribution in [-0.2, 0) is 6.42 Å². The summed E-state index contributed by atoms with van der Waals surface area (Å²) in [5, 5.41) is 0. The van der Waals surface area contributed by atoms with E-state index in [4.69, 9.17) is 5.84 Å². The lowest BCUT2D eigenvalue weighted by Crippen LogP contribution is -2.32. The Labute approximate surface area is 121 Å². The van der Waals surface area contributed by atoms with Crippen molar-refractivity contribution < 1.29 is 0 Å². The summed E-state index contributed by atoms with van der Waals surface area (Å²) in [7, 11) is 0. The van der Waals surface area contributed by atoms with E-state index in [1.54, 1.807) is 0 Å². The largest absolute Gasteiger partial charge is 0.271 e. The highest BCUT2D eigenvalue weighted by Crippen LogP contribution is 2.41. The van der Waals surface area contributed by atoms with Gasteiger partial charge in [0.2, 0.25) is 0 Å². The molecule has 2 aromatic rings. The lowest BCUT2D eigenvalue weighted by Gasteiger charge is -2.26. The molecule has 104 valence electrons. The molecule has 2 aromatic carbocycles. The number of nitrogens with one attached hydrogen (secondary N) is 1. The van der Waals surface area contributed by atoms with E-state index in [-0.39, 0.29) is 6.04 Å². The molecule has 0 aliphatic heterocycles. The van der Waals surface area contributed by atoms with Crippen LogP contribution < -0.4 is 11.3 Å². The molecule has 1 aliphatic rings. The van der Waals surface area contributed by atoms with Crippen molar-refractivity contribution in [2.75, 3.05) is 0 Å². The zero-order valence-electron chi connectivity index (χ0n) is 12.2. The molecular weight excluding hydrogens is 244 g/mol. The molecule has 0 saturated carbocycles. The summed E-state index contributed by atoms with van der Waals surface area (Å²) < 4.78 is 0. The van der Waals surface area contributed by atoms with E-state index in [9.17, 15) is 0 Å². The Morgan fingerprint density at radius 2 is 1.95 bits per heavy atom. The lowest BCUT2D eigenvalue weighted by molar-refractivity contribution is 0.451. The predicted octanol–water partition coefficient (Wildman–Crippen LogP) is 3.54. The number of aryl methyl sites for hydroxylation is 3.